The van der Waals surface area contributed by atoms with Crippen LogP contribution >= 0.6 is 11.8 Å². The maximum atomic E-state index is 5.20. The summed E-state index contributed by atoms with van der Waals surface area (Å²) in [5, 5.41) is 3.61. The van der Waals surface area contributed by atoms with Crippen LogP contribution in [-0.4, -0.2) is 37.3 Å². The minimum absolute atomic E-state index is 0.479. The van der Waals surface area contributed by atoms with Crippen molar-refractivity contribution in [3.63, 3.8) is 0 Å². The lowest BCUT2D eigenvalue weighted by molar-refractivity contribution is 0.143. The van der Waals surface area contributed by atoms with Gasteiger partial charge in [0.15, 0.2) is 0 Å². The molecule has 0 aromatic carbocycles. The largest absolute Gasteiger partial charge is 0.383 e. The zero-order chi connectivity index (χ0) is 11.0. The molecule has 0 saturated heterocycles. The molecule has 0 amide bonds. The van der Waals surface area contributed by atoms with Crippen LogP contribution in [0.5, 0.6) is 0 Å². The summed E-state index contributed by atoms with van der Waals surface area (Å²) in [5.74, 6) is 3.01. The monoisotopic (exact) mass is 219 g/mol. The molecule has 0 rings (SSSR count). The fraction of sp³-hybridized carbons (Fsp3) is 1.00. The fourth-order valence-electron chi connectivity index (χ4n) is 1.32. The Kier molecular flexibility index (Phi) is 8.73. The van der Waals surface area contributed by atoms with E-state index in [0.29, 0.717) is 18.0 Å². The highest BCUT2D eigenvalue weighted by molar-refractivity contribution is 7.99. The van der Waals surface area contributed by atoms with E-state index in [4.69, 9.17) is 4.74 Å². The minimum atomic E-state index is 0.479. The SMILES string of the molecule is CCSCC(C)NC(COC)C(C)C. The van der Waals surface area contributed by atoms with Gasteiger partial charge in [0.1, 0.15) is 0 Å². The van der Waals surface area contributed by atoms with Crippen LogP contribution in [0.3, 0.4) is 0 Å². The summed E-state index contributed by atoms with van der Waals surface area (Å²) in [6.45, 7) is 9.71. The number of rotatable bonds is 8. The van der Waals surface area contributed by atoms with Crippen LogP contribution in [0.15, 0.2) is 0 Å². The average molecular weight is 219 g/mol. The van der Waals surface area contributed by atoms with Gasteiger partial charge in [-0.2, -0.15) is 11.8 Å². The molecule has 86 valence electrons. The molecule has 0 aromatic rings. The lowest BCUT2D eigenvalue weighted by Crippen LogP contribution is -2.43. The van der Waals surface area contributed by atoms with E-state index in [-0.39, 0.29) is 0 Å². The number of thioether (sulfide) groups is 1. The van der Waals surface area contributed by atoms with Crippen molar-refractivity contribution in [3.05, 3.63) is 0 Å². The molecular weight excluding hydrogens is 194 g/mol. The molecule has 0 radical (unpaired) electrons. The summed E-state index contributed by atoms with van der Waals surface area (Å²) in [6.07, 6.45) is 0. The molecule has 1 N–H and O–H groups in total. The number of nitrogens with one attached hydrogen (secondary N) is 1. The molecule has 0 saturated carbocycles. The first-order valence-electron chi connectivity index (χ1n) is 5.44. The molecule has 2 nitrogen and oxygen atoms in total. The second-order valence-corrected chi connectivity index (χ2v) is 5.35. The van der Waals surface area contributed by atoms with Crippen molar-refractivity contribution >= 4 is 11.8 Å². The Balaban J connectivity index is 3.77. The summed E-state index contributed by atoms with van der Waals surface area (Å²) in [7, 11) is 1.77. The summed E-state index contributed by atoms with van der Waals surface area (Å²) < 4.78 is 5.20. The van der Waals surface area contributed by atoms with Gasteiger partial charge in [-0.25, -0.2) is 0 Å². The lowest BCUT2D eigenvalue weighted by atomic mass is 10.0. The first kappa shape index (κ1) is 14.3. The van der Waals surface area contributed by atoms with Gasteiger partial charge < -0.3 is 10.1 Å². The summed E-state index contributed by atoms with van der Waals surface area (Å²) in [5.41, 5.74) is 0. The Labute approximate surface area is 93.2 Å². The zero-order valence-electron chi connectivity index (χ0n) is 10.2. The van der Waals surface area contributed by atoms with Crippen molar-refractivity contribution in [2.24, 2.45) is 5.92 Å². The lowest BCUT2D eigenvalue weighted by Gasteiger charge is -2.25. The van der Waals surface area contributed by atoms with Crippen molar-refractivity contribution < 1.29 is 4.74 Å². The minimum Gasteiger partial charge on any atom is -0.383 e. The van der Waals surface area contributed by atoms with Crippen molar-refractivity contribution in [3.8, 4) is 0 Å². The number of ether oxygens (including phenoxy) is 1. The second-order valence-electron chi connectivity index (χ2n) is 4.03. The summed E-state index contributed by atoms with van der Waals surface area (Å²) in [6, 6.07) is 1.05. The van der Waals surface area contributed by atoms with Gasteiger partial charge in [0.05, 0.1) is 6.61 Å². The van der Waals surface area contributed by atoms with Crippen LogP contribution in [0.1, 0.15) is 27.7 Å². The van der Waals surface area contributed by atoms with Gasteiger partial charge in [-0.05, 0) is 18.6 Å². The van der Waals surface area contributed by atoms with E-state index in [1.807, 2.05) is 11.8 Å². The third-order valence-electron chi connectivity index (χ3n) is 2.22. The standard InChI is InChI=1S/C11H25NOS/c1-6-14-8-10(4)12-11(7-13-5)9(2)3/h9-12H,6-8H2,1-5H3. The predicted molar refractivity (Wildman–Crippen MR) is 66.1 cm³/mol. The van der Waals surface area contributed by atoms with E-state index in [2.05, 4.69) is 33.0 Å². The molecule has 0 aromatic heterocycles. The van der Waals surface area contributed by atoms with Gasteiger partial charge in [-0.3, -0.25) is 0 Å². The maximum Gasteiger partial charge on any atom is 0.0618 e. The van der Waals surface area contributed by atoms with Gasteiger partial charge in [0.2, 0.25) is 0 Å². The van der Waals surface area contributed by atoms with Gasteiger partial charge in [-0.15, -0.1) is 0 Å². The predicted octanol–water partition coefficient (Wildman–Crippen LogP) is 2.39. The van der Waals surface area contributed by atoms with Crippen LogP contribution in [0.4, 0.5) is 0 Å². The topological polar surface area (TPSA) is 21.3 Å². The quantitative estimate of drug-likeness (QED) is 0.677. The van der Waals surface area contributed by atoms with Gasteiger partial charge in [0.25, 0.3) is 0 Å². The average Bonchev–Trinajstić information content (AvgIpc) is 2.14. The Hall–Kier alpha value is 0.270. The molecule has 0 aliphatic carbocycles. The second kappa shape index (κ2) is 8.57. The first-order chi connectivity index (χ1) is 6.61. The molecule has 14 heavy (non-hydrogen) atoms. The zero-order valence-corrected chi connectivity index (χ0v) is 11.0. The normalized spacial score (nSPS) is 15.9. The highest BCUT2D eigenvalue weighted by atomic mass is 32.2. The molecule has 0 bridgehead atoms. The van der Waals surface area contributed by atoms with Crippen LogP contribution in [0, 0.1) is 5.92 Å². The Bertz CT molecular complexity index is 130. The first-order valence-corrected chi connectivity index (χ1v) is 6.60. The molecule has 3 heteroatoms. The Morgan fingerprint density at radius 2 is 1.93 bits per heavy atom. The third kappa shape index (κ3) is 6.68. The third-order valence-corrected chi connectivity index (χ3v) is 3.37. The smallest absolute Gasteiger partial charge is 0.0618 e. The number of hydrogen-bond donors (Lipinski definition) is 1. The van der Waals surface area contributed by atoms with E-state index in [1.54, 1.807) is 7.11 Å². The molecular formula is C11H25NOS. The summed E-state index contributed by atoms with van der Waals surface area (Å²) in [4.78, 5) is 0. The van der Waals surface area contributed by atoms with E-state index >= 15 is 0 Å². The van der Waals surface area contributed by atoms with Crippen molar-refractivity contribution in [1.29, 1.82) is 0 Å². The molecule has 0 aliphatic rings. The van der Waals surface area contributed by atoms with Gasteiger partial charge >= 0.3 is 0 Å². The van der Waals surface area contributed by atoms with Crippen molar-refractivity contribution in [2.75, 3.05) is 25.2 Å². The fourth-order valence-corrected chi connectivity index (χ4v) is 2.01. The van der Waals surface area contributed by atoms with Crippen molar-refractivity contribution in [1.82, 2.24) is 5.32 Å². The highest BCUT2D eigenvalue weighted by Gasteiger charge is 2.15. The van der Waals surface area contributed by atoms with E-state index in [9.17, 15) is 0 Å². The molecule has 0 spiro atoms. The summed E-state index contributed by atoms with van der Waals surface area (Å²) >= 11 is 1.98. The number of hydrogen-bond acceptors (Lipinski definition) is 3. The molecule has 2 atom stereocenters. The van der Waals surface area contributed by atoms with Gasteiger partial charge in [-0.1, -0.05) is 20.8 Å². The van der Waals surface area contributed by atoms with Crippen LogP contribution < -0.4 is 5.32 Å². The van der Waals surface area contributed by atoms with E-state index < -0.39 is 0 Å². The Morgan fingerprint density at radius 3 is 2.36 bits per heavy atom. The molecule has 2 unspecified atom stereocenters. The molecule has 0 fully saturated rings. The van der Waals surface area contributed by atoms with Gasteiger partial charge in [0, 0.05) is 24.9 Å². The Morgan fingerprint density at radius 1 is 1.29 bits per heavy atom. The van der Waals surface area contributed by atoms with Crippen LogP contribution in [0.2, 0.25) is 0 Å². The van der Waals surface area contributed by atoms with Crippen molar-refractivity contribution in [2.45, 2.75) is 39.8 Å². The van der Waals surface area contributed by atoms with Crippen LogP contribution in [0.25, 0.3) is 0 Å². The van der Waals surface area contributed by atoms with Crippen LogP contribution in [-0.2, 0) is 4.74 Å². The highest BCUT2D eigenvalue weighted by Crippen LogP contribution is 2.06. The van der Waals surface area contributed by atoms with E-state index in [1.165, 1.54) is 11.5 Å². The molecule has 0 heterocycles. The number of methoxy groups -OCH3 is 1. The molecule has 0 aliphatic heterocycles. The van der Waals surface area contributed by atoms with E-state index in [0.717, 1.165) is 6.61 Å². The maximum absolute atomic E-state index is 5.20.